The minimum absolute atomic E-state index is 0.132. The minimum atomic E-state index is -1.37. The van der Waals surface area contributed by atoms with Crippen LogP contribution in [0.3, 0.4) is 0 Å². The molecule has 4 aromatic rings. The number of fused-ring (bicyclic) bond motifs is 3. The first-order valence-electron chi connectivity index (χ1n) is 6.78. The zero-order valence-electron chi connectivity index (χ0n) is 12.3. The predicted octanol–water partition coefficient (Wildman–Crippen LogP) is 1.21. The summed E-state index contributed by atoms with van der Waals surface area (Å²) in [5.41, 5.74) is 0.391. The van der Waals surface area contributed by atoms with Gasteiger partial charge in [0.1, 0.15) is 18.0 Å². The van der Waals surface area contributed by atoms with Crippen molar-refractivity contribution in [1.82, 2.24) is 29.1 Å². The number of nitrogens with zero attached hydrogens (tertiary/aromatic N) is 6. The zero-order valence-corrected chi connectivity index (χ0v) is 13.8. The SMILES string of the molecule is C[S+]([O-])c1ncc2c(=O)n(-c3ccccc3Cl)c3nncn3c2n1. The Morgan fingerprint density at radius 1 is 1.29 bits per heavy atom. The fraction of sp³-hybridized carbons (Fsp3) is 0.0714. The van der Waals surface area contributed by atoms with E-state index in [1.54, 1.807) is 24.3 Å². The smallest absolute Gasteiger partial charge is 0.344 e. The number of aromatic nitrogens is 6. The highest BCUT2D eigenvalue weighted by Crippen LogP contribution is 2.21. The van der Waals surface area contributed by atoms with E-state index < -0.39 is 11.2 Å². The van der Waals surface area contributed by atoms with Crippen LogP contribution in [0.5, 0.6) is 0 Å². The molecule has 1 unspecified atom stereocenters. The van der Waals surface area contributed by atoms with Gasteiger partial charge in [-0.3, -0.25) is 4.79 Å². The summed E-state index contributed by atoms with van der Waals surface area (Å²) in [6.45, 7) is 0. The largest absolute Gasteiger partial charge is 0.609 e. The van der Waals surface area contributed by atoms with Crippen LogP contribution >= 0.6 is 11.6 Å². The fourth-order valence-corrected chi connectivity index (χ4v) is 3.06. The van der Waals surface area contributed by atoms with Gasteiger partial charge in [0.2, 0.25) is 5.78 Å². The molecule has 3 heterocycles. The lowest BCUT2D eigenvalue weighted by Gasteiger charge is -2.11. The first kappa shape index (κ1) is 15.1. The third kappa shape index (κ3) is 2.17. The van der Waals surface area contributed by atoms with E-state index in [0.717, 1.165) is 0 Å². The second kappa shape index (κ2) is 5.55. The molecule has 8 nitrogen and oxygen atoms in total. The molecule has 10 heteroatoms. The minimum Gasteiger partial charge on any atom is -0.609 e. The number of hydrogen-bond donors (Lipinski definition) is 0. The highest BCUT2D eigenvalue weighted by molar-refractivity contribution is 7.90. The number of hydrogen-bond acceptors (Lipinski definition) is 6. The fourth-order valence-electron chi connectivity index (χ4n) is 2.42. The van der Waals surface area contributed by atoms with Crippen LogP contribution in [0.1, 0.15) is 0 Å². The molecule has 0 fully saturated rings. The molecule has 3 aromatic heterocycles. The van der Waals surface area contributed by atoms with Crippen LogP contribution in [0.2, 0.25) is 5.02 Å². The molecule has 0 bridgehead atoms. The van der Waals surface area contributed by atoms with E-state index in [4.69, 9.17) is 11.6 Å². The van der Waals surface area contributed by atoms with Crippen LogP contribution in [0.15, 0.2) is 46.7 Å². The predicted molar refractivity (Wildman–Crippen MR) is 89.0 cm³/mol. The maximum absolute atomic E-state index is 12.9. The molecule has 120 valence electrons. The Kier molecular flexibility index (Phi) is 3.48. The summed E-state index contributed by atoms with van der Waals surface area (Å²) in [5.74, 6) is 0.257. The molecule has 0 amide bonds. The van der Waals surface area contributed by atoms with Gasteiger partial charge in [0.05, 0.1) is 16.9 Å². The molecule has 1 aromatic carbocycles. The first-order valence-corrected chi connectivity index (χ1v) is 8.71. The van der Waals surface area contributed by atoms with Crippen molar-refractivity contribution in [2.45, 2.75) is 5.16 Å². The maximum atomic E-state index is 12.9. The van der Waals surface area contributed by atoms with E-state index in [1.807, 2.05) is 0 Å². The molecule has 24 heavy (non-hydrogen) atoms. The molecular formula is C14H9ClN6O2S. The van der Waals surface area contributed by atoms with Crippen LogP contribution in [0, 0.1) is 0 Å². The van der Waals surface area contributed by atoms with E-state index in [2.05, 4.69) is 20.2 Å². The van der Waals surface area contributed by atoms with Crippen LogP contribution in [-0.2, 0) is 11.2 Å². The van der Waals surface area contributed by atoms with E-state index >= 15 is 0 Å². The Hall–Kier alpha value is -2.49. The van der Waals surface area contributed by atoms with Gasteiger partial charge in [0, 0.05) is 11.2 Å². The Bertz CT molecular complexity index is 1140. The van der Waals surface area contributed by atoms with Crippen LogP contribution in [0.25, 0.3) is 22.5 Å². The third-order valence-corrected chi connectivity index (χ3v) is 4.52. The van der Waals surface area contributed by atoms with Crippen molar-refractivity contribution in [1.29, 1.82) is 0 Å². The van der Waals surface area contributed by atoms with Crippen LogP contribution in [0.4, 0.5) is 0 Å². The molecule has 0 aliphatic rings. The topological polar surface area (TPSA) is 101 Å². The lowest BCUT2D eigenvalue weighted by atomic mass is 10.3. The number of para-hydroxylation sites is 1. The average Bonchev–Trinajstić information content (AvgIpc) is 3.05. The van der Waals surface area contributed by atoms with Gasteiger partial charge >= 0.3 is 5.16 Å². The Labute approximate surface area is 142 Å². The molecule has 0 saturated carbocycles. The Balaban J connectivity index is 2.18. The zero-order chi connectivity index (χ0) is 16.8. The van der Waals surface area contributed by atoms with Gasteiger partial charge in [-0.2, -0.15) is 9.97 Å². The van der Waals surface area contributed by atoms with Crippen molar-refractivity contribution in [2.75, 3.05) is 6.26 Å². The van der Waals surface area contributed by atoms with Gasteiger partial charge in [-0.15, -0.1) is 10.2 Å². The number of benzene rings is 1. The molecule has 4 rings (SSSR count). The summed E-state index contributed by atoms with van der Waals surface area (Å²) in [7, 11) is 0. The molecule has 0 saturated heterocycles. The van der Waals surface area contributed by atoms with Crippen LogP contribution in [-0.4, -0.2) is 39.9 Å². The summed E-state index contributed by atoms with van der Waals surface area (Å²) in [6, 6.07) is 6.93. The molecule has 1 atom stereocenters. The molecular weight excluding hydrogens is 352 g/mol. The van der Waals surface area contributed by atoms with Gasteiger partial charge in [0.15, 0.2) is 5.65 Å². The van der Waals surface area contributed by atoms with E-state index in [-0.39, 0.29) is 21.9 Å². The summed E-state index contributed by atoms with van der Waals surface area (Å²) in [4.78, 5) is 21.2. The maximum Gasteiger partial charge on any atom is 0.344 e. The van der Waals surface area contributed by atoms with Crippen molar-refractivity contribution >= 4 is 39.6 Å². The van der Waals surface area contributed by atoms with Gasteiger partial charge in [-0.25, -0.2) is 8.97 Å². The van der Waals surface area contributed by atoms with Crippen molar-refractivity contribution < 1.29 is 4.55 Å². The van der Waals surface area contributed by atoms with Gasteiger partial charge < -0.3 is 4.55 Å². The van der Waals surface area contributed by atoms with Crippen LogP contribution < -0.4 is 5.56 Å². The Morgan fingerprint density at radius 2 is 2.08 bits per heavy atom. The monoisotopic (exact) mass is 360 g/mol. The molecule has 0 aliphatic heterocycles. The van der Waals surface area contributed by atoms with Crippen molar-refractivity contribution in [3.63, 3.8) is 0 Å². The molecule has 0 N–H and O–H groups in total. The van der Waals surface area contributed by atoms with Gasteiger partial charge in [-0.1, -0.05) is 23.7 Å². The number of rotatable bonds is 2. The molecule has 0 aliphatic carbocycles. The van der Waals surface area contributed by atoms with Crippen molar-refractivity contribution in [2.24, 2.45) is 0 Å². The average molecular weight is 361 g/mol. The normalized spacial score (nSPS) is 12.8. The van der Waals surface area contributed by atoms with Crippen molar-refractivity contribution in [3.05, 3.63) is 52.2 Å². The lowest BCUT2D eigenvalue weighted by Crippen LogP contribution is -2.23. The Morgan fingerprint density at radius 3 is 2.83 bits per heavy atom. The second-order valence-corrected chi connectivity index (χ2v) is 6.62. The quantitative estimate of drug-likeness (QED) is 0.393. The molecule has 0 spiro atoms. The van der Waals surface area contributed by atoms with E-state index in [0.29, 0.717) is 16.4 Å². The molecule has 0 radical (unpaired) electrons. The summed E-state index contributed by atoms with van der Waals surface area (Å²) >= 11 is 4.85. The van der Waals surface area contributed by atoms with Gasteiger partial charge in [-0.05, 0) is 12.1 Å². The van der Waals surface area contributed by atoms with E-state index in [1.165, 1.54) is 27.7 Å². The first-order chi connectivity index (χ1) is 11.6. The van der Waals surface area contributed by atoms with Crippen molar-refractivity contribution in [3.8, 4) is 5.69 Å². The summed E-state index contributed by atoms with van der Waals surface area (Å²) in [5, 5.41) is 8.64. The van der Waals surface area contributed by atoms with Gasteiger partial charge in [0.25, 0.3) is 5.56 Å². The highest BCUT2D eigenvalue weighted by atomic mass is 35.5. The second-order valence-electron chi connectivity index (χ2n) is 4.94. The van der Waals surface area contributed by atoms with E-state index in [9.17, 15) is 9.35 Å². The lowest BCUT2D eigenvalue weighted by molar-refractivity contribution is 0.592. The summed E-state index contributed by atoms with van der Waals surface area (Å²) < 4.78 is 14.5. The number of halogens is 1. The standard InChI is InChI=1S/C14H9ClN6O2S/c1-24(23)13-16-6-8-11(18-13)20-7-17-19-14(20)21(12(8)22)10-5-3-2-4-9(10)15/h2-7H,1H3. The third-order valence-electron chi connectivity index (χ3n) is 3.49. The highest BCUT2D eigenvalue weighted by Gasteiger charge is 2.19. The summed E-state index contributed by atoms with van der Waals surface area (Å²) in [6.07, 6.45) is 4.25.